The van der Waals surface area contributed by atoms with Crippen molar-refractivity contribution in [1.29, 1.82) is 0 Å². The summed E-state index contributed by atoms with van der Waals surface area (Å²) < 4.78 is 7.77. The van der Waals surface area contributed by atoms with Crippen LogP contribution in [-0.4, -0.2) is 48.2 Å². The van der Waals surface area contributed by atoms with Crippen LogP contribution < -0.4 is 0 Å². The van der Waals surface area contributed by atoms with Crippen LogP contribution in [0.4, 0.5) is 0 Å². The zero-order valence-electron chi connectivity index (χ0n) is 15.1. The van der Waals surface area contributed by atoms with Crippen LogP contribution in [0.25, 0.3) is 21.6 Å². The minimum atomic E-state index is -1.08. The predicted octanol–water partition coefficient (Wildman–Crippen LogP) is 3.52. The second-order valence-corrected chi connectivity index (χ2v) is 12.8. The minimum absolute atomic E-state index is 0.467. The van der Waals surface area contributed by atoms with Crippen LogP contribution in [0, 0.1) is 6.57 Å². The van der Waals surface area contributed by atoms with Gasteiger partial charge in [0, 0.05) is 46.6 Å². The highest BCUT2D eigenvalue weighted by atomic mass is 28.3. The van der Waals surface area contributed by atoms with Gasteiger partial charge in [-0.05, 0) is 12.1 Å². The van der Waals surface area contributed by atoms with Crippen molar-refractivity contribution < 1.29 is 4.74 Å². The highest BCUT2D eigenvalue weighted by Gasteiger charge is 2.14. The Morgan fingerprint density at radius 2 is 2.12 bits per heavy atom. The summed E-state index contributed by atoms with van der Waals surface area (Å²) in [5, 5.41) is 0.871. The molecule has 0 aromatic carbocycles. The molecular formula is C17H25N5OSi. The molecule has 0 aliphatic heterocycles. The van der Waals surface area contributed by atoms with E-state index in [2.05, 4.69) is 34.5 Å². The first-order valence-electron chi connectivity index (χ1n) is 7.95. The van der Waals surface area contributed by atoms with Gasteiger partial charge in [0.25, 0.3) is 0 Å². The quantitative estimate of drug-likeness (QED) is 0.438. The van der Waals surface area contributed by atoms with Gasteiger partial charge >= 0.3 is 0 Å². The Balaban J connectivity index is 2.22. The zero-order chi connectivity index (χ0) is 17.7. The molecular weight excluding hydrogens is 318 g/mol. The molecule has 2 aromatic rings. The van der Waals surface area contributed by atoms with E-state index in [4.69, 9.17) is 11.3 Å². The molecule has 0 aliphatic rings. The van der Waals surface area contributed by atoms with Gasteiger partial charge in [0.1, 0.15) is 18.7 Å². The lowest BCUT2D eigenvalue weighted by atomic mass is 10.2. The van der Waals surface area contributed by atoms with Gasteiger partial charge < -0.3 is 14.2 Å². The van der Waals surface area contributed by atoms with Crippen molar-refractivity contribution in [2.75, 3.05) is 20.7 Å². The summed E-state index contributed by atoms with van der Waals surface area (Å²) in [6.07, 6.45) is 5.22. The van der Waals surface area contributed by atoms with E-state index in [9.17, 15) is 0 Å². The maximum Gasteiger partial charge on any atom is 0.228 e. The Morgan fingerprint density at radius 1 is 1.38 bits per heavy atom. The summed E-state index contributed by atoms with van der Waals surface area (Å²) in [6.45, 7) is 15.7. The van der Waals surface area contributed by atoms with Gasteiger partial charge in [-0.2, -0.15) is 0 Å². The van der Waals surface area contributed by atoms with Crippen LogP contribution >= 0.6 is 0 Å². The fraction of sp³-hybridized carbons (Fsp3) is 0.471. The number of hydrogen-bond acceptors (Lipinski definition) is 4. The standard InChI is InChI=1S/C17H25N5OSi/c1-18-15(11-21(2)3)16-14-7-8-22(17(14)20-12-19-16)13-23-9-10-24(4,5)6/h7-8,11-12H,9-10,13H2,2-6H3/b15-11-. The van der Waals surface area contributed by atoms with E-state index in [1.807, 2.05) is 35.8 Å². The van der Waals surface area contributed by atoms with Crippen molar-refractivity contribution in [2.24, 2.45) is 0 Å². The molecule has 7 heteroatoms. The van der Waals surface area contributed by atoms with Crippen LogP contribution in [0.2, 0.25) is 25.7 Å². The summed E-state index contributed by atoms with van der Waals surface area (Å²) in [5.41, 5.74) is 1.95. The minimum Gasteiger partial charge on any atom is -0.393 e. The highest BCUT2D eigenvalue weighted by Crippen LogP contribution is 2.24. The van der Waals surface area contributed by atoms with Gasteiger partial charge in [-0.15, -0.1) is 0 Å². The number of ether oxygens (including phenoxy) is 1. The number of rotatable bonds is 7. The van der Waals surface area contributed by atoms with E-state index in [0.29, 0.717) is 18.1 Å². The van der Waals surface area contributed by atoms with Crippen LogP contribution in [-0.2, 0) is 11.5 Å². The van der Waals surface area contributed by atoms with Crippen molar-refractivity contribution in [3.8, 4) is 0 Å². The third-order valence-electron chi connectivity index (χ3n) is 3.53. The van der Waals surface area contributed by atoms with Gasteiger partial charge in [-0.25, -0.2) is 14.8 Å². The summed E-state index contributed by atoms with van der Waals surface area (Å²) in [4.78, 5) is 14.1. The zero-order valence-corrected chi connectivity index (χ0v) is 16.1. The van der Waals surface area contributed by atoms with Crippen LogP contribution in [0.1, 0.15) is 5.69 Å². The second kappa shape index (κ2) is 7.60. The normalized spacial score (nSPS) is 12.4. The van der Waals surface area contributed by atoms with Crippen molar-refractivity contribution in [2.45, 2.75) is 32.4 Å². The molecule has 128 valence electrons. The first-order chi connectivity index (χ1) is 11.3. The van der Waals surface area contributed by atoms with Gasteiger partial charge in [-0.1, -0.05) is 19.6 Å². The van der Waals surface area contributed by atoms with E-state index in [1.54, 1.807) is 6.20 Å². The van der Waals surface area contributed by atoms with Crippen LogP contribution in [0.15, 0.2) is 24.8 Å². The molecule has 24 heavy (non-hydrogen) atoms. The lowest BCUT2D eigenvalue weighted by Gasteiger charge is -2.15. The molecule has 0 spiro atoms. The topological polar surface area (TPSA) is 47.5 Å². The van der Waals surface area contributed by atoms with Crippen molar-refractivity contribution >= 4 is 24.8 Å². The number of hydrogen-bond donors (Lipinski definition) is 0. The summed E-state index contributed by atoms with van der Waals surface area (Å²) in [6, 6.07) is 3.08. The molecule has 0 amide bonds. The average Bonchev–Trinajstić information content (AvgIpc) is 2.91. The van der Waals surface area contributed by atoms with Crippen LogP contribution in [0.3, 0.4) is 0 Å². The summed E-state index contributed by atoms with van der Waals surface area (Å²) >= 11 is 0. The van der Waals surface area contributed by atoms with E-state index < -0.39 is 8.07 Å². The maximum atomic E-state index is 7.41. The fourth-order valence-corrected chi connectivity index (χ4v) is 3.00. The Labute approximate surface area is 144 Å². The van der Waals surface area contributed by atoms with Crippen molar-refractivity contribution in [3.05, 3.63) is 41.9 Å². The largest absolute Gasteiger partial charge is 0.393 e. The molecule has 0 saturated heterocycles. The van der Waals surface area contributed by atoms with E-state index in [-0.39, 0.29) is 0 Å². The Bertz CT molecular complexity index is 767. The second-order valence-electron chi connectivity index (χ2n) is 7.18. The van der Waals surface area contributed by atoms with E-state index in [0.717, 1.165) is 23.7 Å². The molecule has 6 nitrogen and oxygen atoms in total. The monoisotopic (exact) mass is 343 g/mol. The molecule has 0 atom stereocenters. The van der Waals surface area contributed by atoms with E-state index in [1.165, 1.54) is 6.33 Å². The Hall–Kier alpha value is -2.17. The van der Waals surface area contributed by atoms with Gasteiger partial charge in [0.2, 0.25) is 5.70 Å². The third-order valence-corrected chi connectivity index (χ3v) is 5.23. The van der Waals surface area contributed by atoms with Gasteiger partial charge in [0.15, 0.2) is 0 Å². The number of nitrogens with zero attached hydrogens (tertiary/aromatic N) is 5. The lowest BCUT2D eigenvalue weighted by molar-refractivity contribution is 0.0899. The van der Waals surface area contributed by atoms with Crippen LogP contribution in [0.5, 0.6) is 0 Å². The smallest absolute Gasteiger partial charge is 0.228 e. The van der Waals surface area contributed by atoms with Gasteiger partial charge in [0.05, 0.1) is 12.3 Å². The predicted molar refractivity (Wildman–Crippen MR) is 99.9 cm³/mol. The van der Waals surface area contributed by atoms with Crippen molar-refractivity contribution in [1.82, 2.24) is 19.4 Å². The maximum absolute atomic E-state index is 7.41. The summed E-state index contributed by atoms with van der Waals surface area (Å²) in [5.74, 6) is 0. The molecule has 0 bridgehead atoms. The summed E-state index contributed by atoms with van der Waals surface area (Å²) in [7, 11) is 2.70. The average molecular weight is 344 g/mol. The molecule has 0 aliphatic carbocycles. The highest BCUT2D eigenvalue weighted by molar-refractivity contribution is 6.76. The third kappa shape index (κ3) is 4.66. The SMILES string of the molecule is [C-]#[N+]/C(=C\N(C)C)c1ncnc2c1ccn2COCC[Si](C)(C)C. The van der Waals surface area contributed by atoms with Crippen molar-refractivity contribution in [3.63, 3.8) is 0 Å². The fourth-order valence-electron chi connectivity index (χ4n) is 2.24. The first-order valence-corrected chi connectivity index (χ1v) is 11.7. The molecule has 0 unspecified atom stereocenters. The number of aromatic nitrogens is 3. The lowest BCUT2D eigenvalue weighted by Crippen LogP contribution is -2.22. The molecule has 2 rings (SSSR count). The molecule has 0 radical (unpaired) electrons. The first kappa shape index (κ1) is 18.2. The molecule has 0 saturated carbocycles. The molecule has 0 fully saturated rings. The number of fused-ring (bicyclic) bond motifs is 1. The molecule has 2 heterocycles. The molecule has 2 aromatic heterocycles. The Kier molecular flexibility index (Phi) is 5.75. The molecule has 0 N–H and O–H groups in total. The Morgan fingerprint density at radius 3 is 2.75 bits per heavy atom. The van der Waals surface area contributed by atoms with Gasteiger partial charge in [-0.3, -0.25) is 0 Å². The van der Waals surface area contributed by atoms with E-state index >= 15 is 0 Å².